The summed E-state index contributed by atoms with van der Waals surface area (Å²) in [6.07, 6.45) is 1.35. The lowest BCUT2D eigenvalue weighted by atomic mass is 10.2. The predicted octanol–water partition coefficient (Wildman–Crippen LogP) is 0.0519. The molecule has 2 amide bonds. The molecule has 0 aromatic rings. The van der Waals surface area contributed by atoms with Crippen LogP contribution in [0.1, 0.15) is 19.8 Å². The summed E-state index contributed by atoms with van der Waals surface area (Å²) in [6, 6.07) is -0.000553. The Morgan fingerprint density at radius 2 is 2.32 bits per heavy atom. The van der Waals surface area contributed by atoms with Gasteiger partial charge in [-0.3, -0.25) is 14.6 Å². The Morgan fingerprint density at radius 1 is 1.58 bits per heavy atom. The maximum atomic E-state index is 11.6. The Bertz CT molecular complexity index is 358. The van der Waals surface area contributed by atoms with Crippen molar-refractivity contribution in [2.75, 3.05) is 32.9 Å². The molecule has 7 heteroatoms. The highest BCUT2D eigenvalue weighted by Crippen LogP contribution is 2.10. The SMILES string of the molecule is C[C@H]1CC(=O)NC(SCC(=O)NCCCN(C)C)=N1. The summed E-state index contributed by atoms with van der Waals surface area (Å²) in [5.74, 6) is 0.226. The monoisotopic (exact) mass is 286 g/mol. The van der Waals surface area contributed by atoms with Crippen LogP contribution in [-0.4, -0.2) is 60.9 Å². The molecule has 0 aromatic carbocycles. The molecule has 0 fully saturated rings. The van der Waals surface area contributed by atoms with Crippen molar-refractivity contribution in [3.8, 4) is 0 Å². The van der Waals surface area contributed by atoms with Crippen LogP contribution >= 0.6 is 11.8 Å². The Balaban J connectivity index is 2.18. The minimum atomic E-state index is -0.0311. The quantitative estimate of drug-likeness (QED) is 0.677. The summed E-state index contributed by atoms with van der Waals surface area (Å²) in [5.41, 5.74) is 0. The van der Waals surface area contributed by atoms with Gasteiger partial charge in [0.15, 0.2) is 5.17 Å². The fourth-order valence-corrected chi connectivity index (χ4v) is 2.41. The van der Waals surface area contributed by atoms with Gasteiger partial charge in [-0.05, 0) is 34.0 Å². The van der Waals surface area contributed by atoms with Crippen LogP contribution in [0.15, 0.2) is 4.99 Å². The number of hydrogen-bond acceptors (Lipinski definition) is 5. The van der Waals surface area contributed by atoms with Gasteiger partial charge in [0.05, 0.1) is 11.8 Å². The van der Waals surface area contributed by atoms with E-state index >= 15 is 0 Å². The lowest BCUT2D eigenvalue weighted by Gasteiger charge is -2.17. The van der Waals surface area contributed by atoms with Crippen LogP contribution in [0.3, 0.4) is 0 Å². The summed E-state index contributed by atoms with van der Waals surface area (Å²) in [6.45, 7) is 3.52. The number of amides is 2. The highest BCUT2D eigenvalue weighted by Gasteiger charge is 2.18. The van der Waals surface area contributed by atoms with E-state index in [1.807, 2.05) is 21.0 Å². The van der Waals surface area contributed by atoms with Crippen molar-refractivity contribution < 1.29 is 9.59 Å². The zero-order chi connectivity index (χ0) is 14.3. The molecule has 1 heterocycles. The van der Waals surface area contributed by atoms with Crippen LogP contribution in [0.2, 0.25) is 0 Å². The molecule has 6 nitrogen and oxygen atoms in total. The number of nitrogens with zero attached hydrogens (tertiary/aromatic N) is 2. The third-order valence-corrected chi connectivity index (χ3v) is 3.40. The Labute approximate surface area is 118 Å². The van der Waals surface area contributed by atoms with Crippen molar-refractivity contribution in [2.45, 2.75) is 25.8 Å². The van der Waals surface area contributed by atoms with Crippen LogP contribution in [0, 0.1) is 0 Å². The van der Waals surface area contributed by atoms with Crippen LogP contribution in [-0.2, 0) is 9.59 Å². The van der Waals surface area contributed by atoms with Gasteiger partial charge in [0.25, 0.3) is 0 Å². The van der Waals surface area contributed by atoms with Gasteiger partial charge >= 0.3 is 0 Å². The molecule has 1 aliphatic rings. The second kappa shape index (κ2) is 8.16. The van der Waals surface area contributed by atoms with E-state index in [4.69, 9.17) is 0 Å². The molecule has 0 saturated heterocycles. The molecule has 2 N–H and O–H groups in total. The second-order valence-electron chi connectivity index (χ2n) is 4.83. The van der Waals surface area contributed by atoms with E-state index in [9.17, 15) is 9.59 Å². The molecule has 19 heavy (non-hydrogen) atoms. The normalized spacial score (nSPS) is 19.1. The minimum Gasteiger partial charge on any atom is -0.355 e. The maximum Gasteiger partial charge on any atom is 0.230 e. The van der Waals surface area contributed by atoms with Crippen LogP contribution in [0.4, 0.5) is 0 Å². The van der Waals surface area contributed by atoms with Gasteiger partial charge < -0.3 is 15.5 Å². The number of nitrogens with one attached hydrogen (secondary N) is 2. The number of hydrogen-bond donors (Lipinski definition) is 2. The second-order valence-corrected chi connectivity index (χ2v) is 5.80. The molecular weight excluding hydrogens is 264 g/mol. The smallest absolute Gasteiger partial charge is 0.230 e. The number of amidine groups is 1. The molecule has 0 radical (unpaired) electrons. The summed E-state index contributed by atoms with van der Waals surface area (Å²) in [4.78, 5) is 29.2. The molecule has 1 aliphatic heterocycles. The van der Waals surface area contributed by atoms with Gasteiger partial charge in [-0.25, -0.2) is 0 Å². The first-order valence-corrected chi connectivity index (χ1v) is 7.38. The number of carbonyl (C=O) groups is 2. The molecule has 0 aliphatic carbocycles. The van der Waals surface area contributed by atoms with Gasteiger partial charge in [-0.2, -0.15) is 0 Å². The van der Waals surface area contributed by atoms with E-state index in [1.54, 1.807) is 0 Å². The summed E-state index contributed by atoms with van der Waals surface area (Å²) < 4.78 is 0. The van der Waals surface area contributed by atoms with E-state index in [1.165, 1.54) is 11.8 Å². The predicted molar refractivity (Wildman–Crippen MR) is 78.3 cm³/mol. The van der Waals surface area contributed by atoms with Crippen molar-refractivity contribution in [3.63, 3.8) is 0 Å². The summed E-state index contributed by atoms with van der Waals surface area (Å²) in [7, 11) is 4.01. The molecule has 0 bridgehead atoms. The zero-order valence-corrected chi connectivity index (χ0v) is 12.5. The van der Waals surface area contributed by atoms with E-state index in [-0.39, 0.29) is 23.6 Å². The first kappa shape index (κ1) is 16.0. The molecular formula is C12H22N4O2S. The van der Waals surface area contributed by atoms with Crippen molar-refractivity contribution in [2.24, 2.45) is 4.99 Å². The maximum absolute atomic E-state index is 11.6. The standard InChI is InChI=1S/C12H22N4O2S/c1-9-7-10(17)15-12(14-9)19-8-11(18)13-5-4-6-16(2)3/h9H,4-8H2,1-3H3,(H,13,18)(H,14,15,17)/t9-/m0/s1. The van der Waals surface area contributed by atoms with Crippen LogP contribution in [0.5, 0.6) is 0 Å². The third-order valence-electron chi connectivity index (χ3n) is 2.51. The molecule has 0 aromatic heterocycles. The fourth-order valence-electron chi connectivity index (χ4n) is 1.60. The molecule has 1 atom stereocenters. The minimum absolute atomic E-state index is 0.000553. The van der Waals surface area contributed by atoms with Crippen LogP contribution < -0.4 is 10.6 Å². The zero-order valence-electron chi connectivity index (χ0n) is 11.7. The highest BCUT2D eigenvalue weighted by atomic mass is 32.2. The Kier molecular flexibility index (Phi) is 6.86. The lowest BCUT2D eigenvalue weighted by Crippen LogP contribution is -2.37. The van der Waals surface area contributed by atoms with E-state index in [0.717, 1.165) is 13.0 Å². The van der Waals surface area contributed by atoms with Crippen molar-refractivity contribution in [1.82, 2.24) is 15.5 Å². The average molecular weight is 286 g/mol. The van der Waals surface area contributed by atoms with Crippen molar-refractivity contribution in [3.05, 3.63) is 0 Å². The van der Waals surface area contributed by atoms with Gasteiger partial charge in [-0.1, -0.05) is 11.8 Å². The number of aliphatic imine (C=N–C) groups is 1. The fraction of sp³-hybridized carbons (Fsp3) is 0.750. The Morgan fingerprint density at radius 3 is 2.95 bits per heavy atom. The van der Waals surface area contributed by atoms with Gasteiger partial charge in [0, 0.05) is 13.0 Å². The molecule has 108 valence electrons. The van der Waals surface area contributed by atoms with Gasteiger partial charge in [0.1, 0.15) is 0 Å². The first-order valence-electron chi connectivity index (χ1n) is 6.39. The van der Waals surface area contributed by atoms with E-state index in [0.29, 0.717) is 18.1 Å². The van der Waals surface area contributed by atoms with Gasteiger partial charge in [0.2, 0.25) is 11.8 Å². The first-order chi connectivity index (χ1) is 8.97. The lowest BCUT2D eigenvalue weighted by molar-refractivity contribution is -0.120. The van der Waals surface area contributed by atoms with Crippen molar-refractivity contribution in [1.29, 1.82) is 0 Å². The summed E-state index contributed by atoms with van der Waals surface area (Å²) >= 11 is 1.27. The number of thioether (sulfide) groups is 1. The highest BCUT2D eigenvalue weighted by molar-refractivity contribution is 8.14. The number of rotatable bonds is 6. The topological polar surface area (TPSA) is 73.8 Å². The molecule has 0 unspecified atom stereocenters. The largest absolute Gasteiger partial charge is 0.355 e. The van der Waals surface area contributed by atoms with E-state index in [2.05, 4.69) is 20.5 Å². The van der Waals surface area contributed by atoms with Crippen LogP contribution in [0.25, 0.3) is 0 Å². The van der Waals surface area contributed by atoms with Crippen molar-refractivity contribution >= 4 is 28.7 Å². The van der Waals surface area contributed by atoms with E-state index < -0.39 is 0 Å². The summed E-state index contributed by atoms with van der Waals surface area (Å²) in [5, 5.41) is 6.07. The Hall–Kier alpha value is -1.08. The molecule has 0 spiro atoms. The van der Waals surface area contributed by atoms with Gasteiger partial charge in [-0.15, -0.1) is 0 Å². The molecule has 0 saturated carbocycles. The molecule has 1 rings (SSSR count). The third kappa shape index (κ3) is 7.17. The number of carbonyl (C=O) groups excluding carboxylic acids is 2. The average Bonchev–Trinajstić information content (AvgIpc) is 2.31.